The Balaban J connectivity index is 1.98. The summed E-state index contributed by atoms with van der Waals surface area (Å²) in [5, 5.41) is 12.4. The predicted octanol–water partition coefficient (Wildman–Crippen LogP) is -0.459. The lowest BCUT2D eigenvalue weighted by molar-refractivity contribution is -0.247. The van der Waals surface area contributed by atoms with Crippen LogP contribution in [0.25, 0.3) is 0 Å². The van der Waals surface area contributed by atoms with Crippen LogP contribution < -0.4 is 5.32 Å². The molecule has 16 heavy (non-hydrogen) atoms. The van der Waals surface area contributed by atoms with Crippen LogP contribution in [0.4, 0.5) is 13.2 Å². The number of halogens is 3. The van der Waals surface area contributed by atoms with Crippen LogP contribution in [0.1, 0.15) is 6.42 Å². The Labute approximate surface area is 88.5 Å². The van der Waals surface area contributed by atoms with E-state index in [9.17, 15) is 23.1 Å². The van der Waals surface area contributed by atoms with E-state index >= 15 is 0 Å². The Morgan fingerprint density at radius 2 is 2.31 bits per heavy atom. The molecule has 2 N–H and O–H groups in total. The van der Waals surface area contributed by atoms with Crippen LogP contribution in [0.2, 0.25) is 0 Å². The minimum atomic E-state index is -5.11. The zero-order chi connectivity index (χ0) is 12.0. The molecule has 0 aliphatic carbocycles. The summed E-state index contributed by atoms with van der Waals surface area (Å²) >= 11 is 0. The van der Waals surface area contributed by atoms with Crippen molar-refractivity contribution in [3.8, 4) is 0 Å². The second-order valence-corrected chi connectivity index (χ2v) is 3.91. The molecular formula is C8H10F3NO4. The summed E-state index contributed by atoms with van der Waals surface area (Å²) in [6, 6.07) is -0.000705. The number of carbonyl (C=O) groups excluding carboxylic acids is 1. The second-order valence-electron chi connectivity index (χ2n) is 3.91. The molecule has 2 bridgehead atoms. The molecule has 2 rings (SSSR count). The van der Waals surface area contributed by atoms with Crippen LogP contribution >= 0.6 is 0 Å². The normalized spacial score (nSPS) is 35.1. The number of esters is 1. The van der Waals surface area contributed by atoms with Crippen molar-refractivity contribution < 1.29 is 32.5 Å². The molecule has 0 amide bonds. The highest BCUT2D eigenvalue weighted by Gasteiger charge is 2.55. The van der Waals surface area contributed by atoms with Crippen LogP contribution in [0.15, 0.2) is 0 Å². The number of nitrogens with one attached hydrogen (secondary N) is 1. The van der Waals surface area contributed by atoms with Gasteiger partial charge in [-0.25, -0.2) is 4.79 Å². The fourth-order valence-electron chi connectivity index (χ4n) is 1.91. The number of morpholine rings is 1. The molecule has 2 heterocycles. The third-order valence-electron chi connectivity index (χ3n) is 2.75. The Kier molecular flexibility index (Phi) is 2.59. The van der Waals surface area contributed by atoms with Crippen molar-refractivity contribution >= 4 is 5.97 Å². The molecule has 3 atom stereocenters. The van der Waals surface area contributed by atoms with Crippen LogP contribution in [0, 0.1) is 0 Å². The molecule has 0 radical (unpaired) electrons. The number of aliphatic hydroxyl groups is 1. The standard InChI is InChI=1S/C8H10F3NO4/c9-8(10,11)6(14)16-5(13)7-1-4(2-15-7)12-3-7/h4-5,12-13H,1-3H2. The van der Waals surface area contributed by atoms with Gasteiger partial charge in [-0.05, 0) is 0 Å². The number of carbonyl (C=O) groups is 1. The largest absolute Gasteiger partial charge is 0.491 e. The van der Waals surface area contributed by atoms with E-state index in [0.717, 1.165) is 0 Å². The van der Waals surface area contributed by atoms with Crippen molar-refractivity contribution in [3.63, 3.8) is 0 Å². The Bertz CT molecular complexity index is 298. The van der Waals surface area contributed by atoms with E-state index in [1.807, 2.05) is 0 Å². The van der Waals surface area contributed by atoms with E-state index < -0.39 is 24.0 Å². The van der Waals surface area contributed by atoms with Crippen molar-refractivity contribution in [2.24, 2.45) is 0 Å². The Morgan fingerprint density at radius 3 is 2.69 bits per heavy atom. The predicted molar refractivity (Wildman–Crippen MR) is 43.2 cm³/mol. The first-order chi connectivity index (χ1) is 7.33. The first-order valence-corrected chi connectivity index (χ1v) is 4.67. The van der Waals surface area contributed by atoms with Gasteiger partial charge in [0, 0.05) is 19.0 Å². The molecule has 2 saturated heterocycles. The molecule has 2 aliphatic heterocycles. The second kappa shape index (κ2) is 3.57. The van der Waals surface area contributed by atoms with E-state index in [4.69, 9.17) is 4.74 Å². The van der Waals surface area contributed by atoms with Gasteiger partial charge >= 0.3 is 12.1 Å². The number of ether oxygens (including phenoxy) is 2. The number of fused-ring (bicyclic) bond motifs is 2. The third-order valence-corrected chi connectivity index (χ3v) is 2.75. The fraction of sp³-hybridized carbons (Fsp3) is 0.875. The molecule has 92 valence electrons. The Hall–Kier alpha value is -0.860. The van der Waals surface area contributed by atoms with E-state index in [1.165, 1.54) is 0 Å². The summed E-state index contributed by atoms with van der Waals surface area (Å²) in [4.78, 5) is 10.5. The van der Waals surface area contributed by atoms with Gasteiger partial charge in [-0.15, -0.1) is 0 Å². The molecule has 0 aromatic heterocycles. The smallest absolute Gasteiger partial charge is 0.426 e. The number of aliphatic hydroxyl groups excluding tert-OH is 1. The van der Waals surface area contributed by atoms with Gasteiger partial charge in [-0.1, -0.05) is 0 Å². The summed E-state index contributed by atoms with van der Waals surface area (Å²) in [6.07, 6.45) is -6.68. The third kappa shape index (κ3) is 1.87. The number of hydrogen-bond donors (Lipinski definition) is 2. The lowest BCUT2D eigenvalue weighted by atomic mass is 10.0. The molecule has 0 saturated carbocycles. The highest BCUT2D eigenvalue weighted by molar-refractivity contribution is 5.75. The average molecular weight is 241 g/mol. The van der Waals surface area contributed by atoms with Crippen LogP contribution in [0.3, 0.4) is 0 Å². The van der Waals surface area contributed by atoms with Gasteiger partial charge in [0.25, 0.3) is 0 Å². The first kappa shape index (κ1) is 11.6. The minimum absolute atomic E-state index is 0.000705. The van der Waals surface area contributed by atoms with Gasteiger partial charge in [-0.2, -0.15) is 13.2 Å². The van der Waals surface area contributed by atoms with Gasteiger partial charge in [0.1, 0.15) is 5.60 Å². The van der Waals surface area contributed by atoms with Gasteiger partial charge in [0.15, 0.2) is 0 Å². The van der Waals surface area contributed by atoms with Gasteiger partial charge in [-0.3, -0.25) is 0 Å². The van der Waals surface area contributed by atoms with Crippen molar-refractivity contribution in [3.05, 3.63) is 0 Å². The van der Waals surface area contributed by atoms with E-state index in [-0.39, 0.29) is 12.6 Å². The zero-order valence-corrected chi connectivity index (χ0v) is 8.08. The summed E-state index contributed by atoms with van der Waals surface area (Å²) in [5.41, 5.74) is -1.23. The van der Waals surface area contributed by atoms with Gasteiger partial charge in [0.2, 0.25) is 6.29 Å². The molecule has 0 spiro atoms. The van der Waals surface area contributed by atoms with Crippen molar-refractivity contribution in [2.75, 3.05) is 13.2 Å². The monoisotopic (exact) mass is 241 g/mol. The van der Waals surface area contributed by atoms with Crippen LogP contribution in [-0.2, 0) is 14.3 Å². The maximum absolute atomic E-state index is 11.9. The lowest BCUT2D eigenvalue weighted by Crippen LogP contribution is -2.50. The molecule has 0 aromatic carbocycles. The highest BCUT2D eigenvalue weighted by Crippen LogP contribution is 2.35. The van der Waals surface area contributed by atoms with Crippen molar-refractivity contribution in [1.82, 2.24) is 5.32 Å². The summed E-state index contributed by atoms with van der Waals surface area (Å²) in [6.45, 7) is 0.463. The lowest BCUT2D eigenvalue weighted by Gasteiger charge is -2.30. The minimum Gasteiger partial charge on any atom is -0.426 e. The molecule has 2 fully saturated rings. The van der Waals surface area contributed by atoms with Crippen LogP contribution in [-0.4, -0.2) is 48.3 Å². The molecule has 8 heteroatoms. The van der Waals surface area contributed by atoms with Gasteiger partial charge in [0.05, 0.1) is 6.61 Å². The molecule has 5 nitrogen and oxygen atoms in total. The average Bonchev–Trinajstić information content (AvgIpc) is 2.76. The molecular weight excluding hydrogens is 231 g/mol. The maximum atomic E-state index is 11.9. The fourth-order valence-corrected chi connectivity index (χ4v) is 1.91. The van der Waals surface area contributed by atoms with E-state index in [1.54, 1.807) is 0 Å². The highest BCUT2D eigenvalue weighted by atomic mass is 19.4. The van der Waals surface area contributed by atoms with E-state index in [2.05, 4.69) is 10.1 Å². The Morgan fingerprint density at radius 1 is 1.62 bits per heavy atom. The number of hydrogen-bond acceptors (Lipinski definition) is 5. The number of rotatable bonds is 2. The first-order valence-electron chi connectivity index (χ1n) is 4.67. The SMILES string of the molecule is O=C(OC(O)C12CNC(CO1)C2)C(F)(F)F. The summed E-state index contributed by atoms with van der Waals surface area (Å²) < 4.78 is 44.8. The molecule has 2 aliphatic rings. The quantitative estimate of drug-likeness (QED) is 0.506. The van der Waals surface area contributed by atoms with Crippen LogP contribution in [0.5, 0.6) is 0 Å². The van der Waals surface area contributed by atoms with Crippen molar-refractivity contribution in [1.29, 1.82) is 0 Å². The zero-order valence-electron chi connectivity index (χ0n) is 8.08. The molecule has 0 aromatic rings. The summed E-state index contributed by atoms with van der Waals surface area (Å²) in [5.74, 6) is -2.41. The molecule has 3 unspecified atom stereocenters. The topological polar surface area (TPSA) is 67.8 Å². The van der Waals surface area contributed by atoms with E-state index in [0.29, 0.717) is 13.0 Å². The number of alkyl halides is 3. The van der Waals surface area contributed by atoms with Gasteiger partial charge < -0.3 is 19.9 Å². The van der Waals surface area contributed by atoms with Crippen molar-refractivity contribution in [2.45, 2.75) is 30.5 Å². The maximum Gasteiger partial charge on any atom is 0.491 e. The summed E-state index contributed by atoms with van der Waals surface area (Å²) in [7, 11) is 0.